The number of esters is 2. The van der Waals surface area contributed by atoms with Crippen molar-refractivity contribution in [3.8, 4) is 0 Å². The van der Waals surface area contributed by atoms with Gasteiger partial charge in [0.25, 0.3) is 0 Å². The number of carbonyl (C=O) groups is 5. The average Bonchev–Trinajstić information content (AvgIpc) is 3.09. The standard InChI is InChI=1S/C34H40N3O7PS.BrH/c1-3-44-34(42)28(35)19-20-30(38)37-29(33(41)36-23-31(39)43-2)24-46-32(40)21-22-45(25-13-7-4-8-14-25,26-15-9-5-10-16-26)27-17-11-6-12-18-27;/h4-18,28-29H,3,19-24,35H2,1-2H3,(H-,36,37,38,41);1H. The maximum Gasteiger partial charge on any atom is 0.325 e. The molecule has 3 aromatic carbocycles. The molecule has 0 bridgehead atoms. The molecule has 3 rings (SSSR count). The number of thioether (sulfide) groups is 1. The van der Waals surface area contributed by atoms with Crippen molar-refractivity contribution in [2.45, 2.75) is 38.3 Å². The van der Waals surface area contributed by atoms with Gasteiger partial charge in [-0.15, -0.1) is 0 Å². The number of amides is 2. The molecule has 2 unspecified atom stereocenters. The van der Waals surface area contributed by atoms with Crippen molar-refractivity contribution in [2.75, 3.05) is 32.2 Å². The van der Waals surface area contributed by atoms with Crippen LogP contribution in [0.5, 0.6) is 0 Å². The molecule has 252 valence electrons. The highest BCUT2D eigenvalue weighted by molar-refractivity contribution is 8.13. The second-order valence-electron chi connectivity index (χ2n) is 10.3. The molecule has 3 aromatic rings. The summed E-state index contributed by atoms with van der Waals surface area (Å²) in [4.78, 5) is 62.6. The predicted molar refractivity (Wildman–Crippen MR) is 183 cm³/mol. The van der Waals surface area contributed by atoms with E-state index >= 15 is 0 Å². The summed E-state index contributed by atoms with van der Waals surface area (Å²) in [7, 11) is -1.05. The molecule has 47 heavy (non-hydrogen) atoms. The van der Waals surface area contributed by atoms with E-state index < -0.39 is 49.6 Å². The smallest absolute Gasteiger partial charge is 0.325 e. The van der Waals surface area contributed by atoms with E-state index in [0.29, 0.717) is 6.16 Å². The molecule has 0 spiro atoms. The monoisotopic (exact) mass is 745 g/mol. The van der Waals surface area contributed by atoms with Crippen LogP contribution in [0.1, 0.15) is 26.2 Å². The zero-order valence-corrected chi connectivity index (χ0v) is 29.7. The molecule has 13 heteroatoms. The number of methoxy groups -OCH3 is 1. The lowest BCUT2D eigenvalue weighted by molar-refractivity contribution is -0.145. The maximum absolute atomic E-state index is 13.5. The second kappa shape index (κ2) is 20.6. The lowest BCUT2D eigenvalue weighted by Crippen LogP contribution is -3.00. The Labute approximate surface area is 291 Å². The number of halogens is 1. The lowest BCUT2D eigenvalue weighted by Gasteiger charge is -2.27. The highest BCUT2D eigenvalue weighted by atomic mass is 79.9. The van der Waals surface area contributed by atoms with Gasteiger partial charge in [-0.05, 0) is 49.7 Å². The Balaban J connectivity index is 0.00000768. The lowest BCUT2D eigenvalue weighted by atomic mass is 10.1. The normalized spacial score (nSPS) is 12.1. The summed E-state index contributed by atoms with van der Waals surface area (Å²) >= 11 is 0.945. The first-order valence-corrected chi connectivity index (χ1v) is 17.9. The minimum atomic E-state index is -2.24. The first-order valence-electron chi connectivity index (χ1n) is 15.0. The van der Waals surface area contributed by atoms with Crippen LogP contribution >= 0.6 is 19.0 Å². The molecule has 0 fully saturated rings. The second-order valence-corrected chi connectivity index (χ2v) is 15.0. The van der Waals surface area contributed by atoms with Gasteiger partial charge in [0.15, 0.2) is 5.12 Å². The first kappa shape index (κ1) is 39.6. The molecule has 0 heterocycles. The Morgan fingerprint density at radius 1 is 0.830 bits per heavy atom. The van der Waals surface area contributed by atoms with Crippen molar-refractivity contribution >= 4 is 63.8 Å². The van der Waals surface area contributed by atoms with E-state index in [1.807, 2.05) is 54.6 Å². The quantitative estimate of drug-likeness (QED) is 0.118. The summed E-state index contributed by atoms with van der Waals surface area (Å²) < 4.78 is 9.46. The van der Waals surface area contributed by atoms with Gasteiger partial charge in [-0.3, -0.25) is 24.0 Å². The fraction of sp³-hybridized carbons (Fsp3) is 0.324. The Hall–Kier alpha value is -3.57. The number of nitrogens with one attached hydrogen (secondary N) is 2. The molecule has 2 atom stereocenters. The van der Waals surface area contributed by atoms with Gasteiger partial charge in [0, 0.05) is 12.2 Å². The average molecular weight is 747 g/mol. The molecule has 0 aromatic heterocycles. The summed E-state index contributed by atoms with van der Waals surface area (Å²) in [5, 5.41) is 8.36. The highest BCUT2D eigenvalue weighted by Gasteiger charge is 2.45. The third kappa shape index (κ3) is 11.9. The van der Waals surface area contributed by atoms with Crippen LogP contribution in [0.3, 0.4) is 0 Å². The number of ether oxygens (including phenoxy) is 2. The van der Waals surface area contributed by atoms with Crippen molar-refractivity contribution < 1.29 is 50.4 Å². The predicted octanol–water partition coefficient (Wildman–Crippen LogP) is -0.921. The van der Waals surface area contributed by atoms with Crippen LogP contribution in [0.4, 0.5) is 0 Å². The summed E-state index contributed by atoms with van der Waals surface area (Å²) in [6, 6.07) is 28.5. The van der Waals surface area contributed by atoms with E-state index in [-0.39, 0.29) is 53.7 Å². The number of carbonyl (C=O) groups excluding carboxylic acids is 5. The Morgan fingerprint density at radius 3 is 1.81 bits per heavy atom. The van der Waals surface area contributed by atoms with Gasteiger partial charge >= 0.3 is 11.9 Å². The van der Waals surface area contributed by atoms with E-state index in [1.54, 1.807) is 6.92 Å². The molecule has 0 saturated heterocycles. The molecule has 4 N–H and O–H groups in total. The SMILES string of the molecule is CCOC(=O)C(N)CCC(=O)NC(CSC(=O)CC[P+](c1ccccc1)(c1ccccc1)c1ccccc1)C(=O)NCC(=O)OC.[Br-]. The van der Waals surface area contributed by atoms with E-state index in [1.165, 1.54) is 7.11 Å². The highest BCUT2D eigenvalue weighted by Crippen LogP contribution is 2.55. The molecule has 0 aliphatic carbocycles. The fourth-order valence-corrected chi connectivity index (χ4v) is 10.1. The van der Waals surface area contributed by atoms with Gasteiger partial charge in [-0.25, -0.2) is 0 Å². The van der Waals surface area contributed by atoms with Crippen LogP contribution in [0, 0.1) is 0 Å². The van der Waals surface area contributed by atoms with Crippen LogP contribution in [0.15, 0.2) is 91.0 Å². The van der Waals surface area contributed by atoms with Gasteiger partial charge in [0.1, 0.15) is 41.8 Å². The number of hydrogen-bond donors (Lipinski definition) is 3. The van der Waals surface area contributed by atoms with Crippen LogP contribution < -0.4 is 49.3 Å². The van der Waals surface area contributed by atoms with Crippen molar-refractivity contribution in [3.63, 3.8) is 0 Å². The topological polar surface area (TPSA) is 154 Å². The van der Waals surface area contributed by atoms with Crippen LogP contribution in [-0.2, 0) is 33.4 Å². The molecule has 0 aliphatic heterocycles. The van der Waals surface area contributed by atoms with Crippen LogP contribution in [-0.4, -0.2) is 73.1 Å². The van der Waals surface area contributed by atoms with Gasteiger partial charge in [0.2, 0.25) is 11.8 Å². The van der Waals surface area contributed by atoms with Gasteiger partial charge in [-0.2, -0.15) is 0 Å². The minimum absolute atomic E-state index is 0. The number of benzene rings is 3. The van der Waals surface area contributed by atoms with E-state index in [2.05, 4.69) is 51.8 Å². The first-order chi connectivity index (χ1) is 22.2. The zero-order chi connectivity index (χ0) is 33.4. The van der Waals surface area contributed by atoms with Gasteiger partial charge in [-0.1, -0.05) is 66.4 Å². The summed E-state index contributed by atoms with van der Waals surface area (Å²) in [5.41, 5.74) is 5.80. The zero-order valence-electron chi connectivity index (χ0n) is 26.4. The Bertz CT molecular complexity index is 1360. The van der Waals surface area contributed by atoms with E-state index in [4.69, 9.17) is 10.5 Å². The minimum Gasteiger partial charge on any atom is -1.00 e. The summed E-state index contributed by atoms with van der Waals surface area (Å²) in [6.07, 6.45) is 0.652. The Morgan fingerprint density at radius 2 is 1.34 bits per heavy atom. The van der Waals surface area contributed by atoms with Crippen molar-refractivity contribution in [1.82, 2.24) is 10.6 Å². The molecule has 0 saturated carbocycles. The summed E-state index contributed by atoms with van der Waals surface area (Å²) in [5.74, 6) is -2.52. The molecule has 0 aliphatic rings. The number of hydrogen-bond acceptors (Lipinski definition) is 9. The summed E-state index contributed by atoms with van der Waals surface area (Å²) in [6.45, 7) is 1.42. The molecular weight excluding hydrogens is 705 g/mol. The van der Waals surface area contributed by atoms with E-state index in [0.717, 1.165) is 27.7 Å². The maximum atomic E-state index is 13.5. The van der Waals surface area contributed by atoms with Crippen molar-refractivity contribution in [2.24, 2.45) is 5.73 Å². The van der Waals surface area contributed by atoms with Crippen LogP contribution in [0.25, 0.3) is 0 Å². The van der Waals surface area contributed by atoms with Crippen molar-refractivity contribution in [1.29, 1.82) is 0 Å². The van der Waals surface area contributed by atoms with Crippen molar-refractivity contribution in [3.05, 3.63) is 91.0 Å². The van der Waals surface area contributed by atoms with E-state index in [9.17, 15) is 24.0 Å². The molecular formula is C34H41BrN3O7PS. The third-order valence-electron chi connectivity index (χ3n) is 7.21. The largest absolute Gasteiger partial charge is 1.00 e. The van der Waals surface area contributed by atoms with Gasteiger partial charge < -0.3 is 42.8 Å². The van der Waals surface area contributed by atoms with Crippen LogP contribution in [0.2, 0.25) is 0 Å². The number of rotatable bonds is 17. The molecule has 10 nitrogen and oxygen atoms in total. The third-order valence-corrected chi connectivity index (χ3v) is 12.7. The number of nitrogens with two attached hydrogens (primary N) is 1. The molecule has 0 radical (unpaired) electrons. The Kier molecular flexibility index (Phi) is 17.4. The fourth-order valence-electron chi connectivity index (χ4n) is 4.85. The molecule has 2 amide bonds. The van der Waals surface area contributed by atoms with Gasteiger partial charge in [0.05, 0.1) is 26.3 Å².